The van der Waals surface area contributed by atoms with E-state index in [4.69, 9.17) is 0 Å². The molecule has 0 spiro atoms. The number of benzene rings is 1. The molecule has 7 nitrogen and oxygen atoms in total. The van der Waals surface area contributed by atoms with Gasteiger partial charge in [-0.1, -0.05) is 32.1 Å². The summed E-state index contributed by atoms with van der Waals surface area (Å²) in [6, 6.07) is 6.11. The molecule has 1 aromatic carbocycles. The number of rotatable bonds is 7. The first-order valence-electron chi connectivity index (χ1n) is 11.1. The Morgan fingerprint density at radius 1 is 1.06 bits per heavy atom. The van der Waals surface area contributed by atoms with Gasteiger partial charge in [0.25, 0.3) is 5.91 Å². The number of fused-ring (bicyclic) bond motifs is 1. The number of hydrogen-bond donors (Lipinski definition) is 2. The largest absolute Gasteiger partial charge is 0.349 e. The smallest absolute Gasteiger partial charge is 0.251 e. The van der Waals surface area contributed by atoms with Crippen LogP contribution >= 0.6 is 0 Å². The highest BCUT2D eigenvalue weighted by Gasteiger charge is 2.51. The van der Waals surface area contributed by atoms with Crippen molar-refractivity contribution in [1.29, 1.82) is 0 Å². The molecule has 1 aromatic rings. The fourth-order valence-corrected chi connectivity index (χ4v) is 4.37. The summed E-state index contributed by atoms with van der Waals surface area (Å²) in [7, 11) is 0. The van der Waals surface area contributed by atoms with Gasteiger partial charge >= 0.3 is 0 Å². The van der Waals surface area contributed by atoms with Crippen molar-refractivity contribution < 1.29 is 19.2 Å². The zero-order valence-corrected chi connectivity index (χ0v) is 18.0. The number of carbonyl (C=O) groups excluding carboxylic acids is 4. The van der Waals surface area contributed by atoms with Gasteiger partial charge in [0.2, 0.25) is 17.7 Å². The zero-order chi connectivity index (χ0) is 22.1. The van der Waals surface area contributed by atoms with E-state index in [2.05, 4.69) is 10.6 Å². The van der Waals surface area contributed by atoms with Crippen LogP contribution < -0.4 is 10.6 Å². The Balaban J connectivity index is 1.52. The maximum absolute atomic E-state index is 13.2. The second-order valence-corrected chi connectivity index (χ2v) is 9.17. The summed E-state index contributed by atoms with van der Waals surface area (Å²) in [5, 5.41) is 5.76. The predicted molar refractivity (Wildman–Crippen MR) is 116 cm³/mol. The van der Waals surface area contributed by atoms with Crippen LogP contribution in [0.15, 0.2) is 36.4 Å². The summed E-state index contributed by atoms with van der Waals surface area (Å²) in [4.78, 5) is 52.8. The summed E-state index contributed by atoms with van der Waals surface area (Å²) in [5.74, 6) is -1.69. The molecule has 2 aliphatic carbocycles. The van der Waals surface area contributed by atoms with Gasteiger partial charge in [0.1, 0.15) is 6.04 Å². The number of nitrogens with one attached hydrogen (secondary N) is 2. The molecule has 1 heterocycles. The van der Waals surface area contributed by atoms with Gasteiger partial charge < -0.3 is 10.6 Å². The molecule has 3 atom stereocenters. The molecular formula is C24H29N3O4. The van der Waals surface area contributed by atoms with Gasteiger partial charge in [-0.2, -0.15) is 0 Å². The third-order valence-corrected chi connectivity index (χ3v) is 6.16. The molecule has 2 N–H and O–H groups in total. The van der Waals surface area contributed by atoms with Gasteiger partial charge in [0, 0.05) is 17.3 Å². The average Bonchev–Trinajstić information content (AvgIpc) is 3.52. The van der Waals surface area contributed by atoms with Gasteiger partial charge in [-0.05, 0) is 56.2 Å². The summed E-state index contributed by atoms with van der Waals surface area (Å²) < 4.78 is 0. The normalized spacial score (nSPS) is 23.6. The van der Waals surface area contributed by atoms with E-state index in [1.165, 1.54) is 4.90 Å². The van der Waals surface area contributed by atoms with Crippen LogP contribution in [0.1, 0.15) is 56.3 Å². The highest BCUT2D eigenvalue weighted by Crippen LogP contribution is 2.37. The van der Waals surface area contributed by atoms with Crippen molar-refractivity contribution in [3.8, 4) is 0 Å². The fourth-order valence-electron chi connectivity index (χ4n) is 4.37. The quantitative estimate of drug-likeness (QED) is 0.521. The molecule has 3 aliphatic rings. The van der Waals surface area contributed by atoms with Crippen LogP contribution in [0.2, 0.25) is 0 Å². The first-order valence-corrected chi connectivity index (χ1v) is 11.1. The molecule has 2 fully saturated rings. The Morgan fingerprint density at radius 3 is 2.29 bits per heavy atom. The van der Waals surface area contributed by atoms with Crippen LogP contribution in [0.4, 0.5) is 5.69 Å². The van der Waals surface area contributed by atoms with E-state index in [1.807, 2.05) is 26.0 Å². The van der Waals surface area contributed by atoms with Gasteiger partial charge in [-0.25, -0.2) is 0 Å². The standard InChI is InChI=1S/C24H29N3O4/c1-14(2)12-20(27-23(30)18-8-3-4-9-19(18)24(27)31)22(29)26-17-7-5-6-15(13-17)21(28)25-16-10-11-16/h3-7,13-14,16,18-20H,8-12H2,1-2H3,(H,25,28)(H,26,29). The molecule has 31 heavy (non-hydrogen) atoms. The van der Waals surface area contributed by atoms with Crippen LogP contribution in [-0.4, -0.2) is 40.6 Å². The molecule has 1 saturated carbocycles. The van der Waals surface area contributed by atoms with E-state index in [0.29, 0.717) is 30.5 Å². The summed E-state index contributed by atoms with van der Waals surface area (Å²) in [5.41, 5.74) is 0.941. The Hall–Kier alpha value is -2.96. The third-order valence-electron chi connectivity index (χ3n) is 6.16. The van der Waals surface area contributed by atoms with Gasteiger partial charge in [0.05, 0.1) is 11.8 Å². The number of nitrogens with zero attached hydrogens (tertiary/aromatic N) is 1. The van der Waals surface area contributed by atoms with E-state index in [1.54, 1.807) is 24.3 Å². The molecule has 0 aromatic heterocycles. The van der Waals surface area contributed by atoms with Crippen molar-refractivity contribution in [3.63, 3.8) is 0 Å². The predicted octanol–water partition coefficient (Wildman–Crippen LogP) is 2.88. The van der Waals surface area contributed by atoms with E-state index >= 15 is 0 Å². The topological polar surface area (TPSA) is 95.6 Å². The van der Waals surface area contributed by atoms with E-state index in [9.17, 15) is 19.2 Å². The monoisotopic (exact) mass is 423 g/mol. The van der Waals surface area contributed by atoms with E-state index < -0.39 is 11.9 Å². The number of allylic oxidation sites excluding steroid dienone is 2. The highest BCUT2D eigenvalue weighted by atomic mass is 16.2. The second kappa shape index (κ2) is 8.65. The van der Waals surface area contributed by atoms with Crippen molar-refractivity contribution in [2.24, 2.45) is 17.8 Å². The van der Waals surface area contributed by atoms with E-state index in [-0.39, 0.29) is 41.5 Å². The highest BCUT2D eigenvalue weighted by molar-refractivity contribution is 6.10. The van der Waals surface area contributed by atoms with Crippen LogP contribution in [-0.2, 0) is 14.4 Å². The first kappa shape index (κ1) is 21.3. The van der Waals surface area contributed by atoms with Gasteiger partial charge in [-0.3, -0.25) is 24.1 Å². The SMILES string of the molecule is CC(C)CC(C(=O)Nc1cccc(C(=O)NC2CC2)c1)N1C(=O)C2CC=CCC2C1=O. The number of hydrogen-bond acceptors (Lipinski definition) is 4. The average molecular weight is 424 g/mol. The molecule has 164 valence electrons. The molecule has 1 aliphatic heterocycles. The van der Waals surface area contributed by atoms with Crippen molar-refractivity contribution in [2.45, 2.75) is 58.0 Å². The molecular weight excluding hydrogens is 394 g/mol. The number of amides is 4. The van der Waals surface area contributed by atoms with Crippen molar-refractivity contribution in [2.75, 3.05) is 5.32 Å². The number of imide groups is 1. The van der Waals surface area contributed by atoms with Crippen LogP contribution in [0.25, 0.3) is 0 Å². The summed E-state index contributed by atoms with van der Waals surface area (Å²) >= 11 is 0. The Kier molecular flexibility index (Phi) is 5.94. The van der Waals surface area contributed by atoms with E-state index in [0.717, 1.165) is 12.8 Å². The van der Waals surface area contributed by atoms with Gasteiger partial charge in [-0.15, -0.1) is 0 Å². The van der Waals surface area contributed by atoms with Gasteiger partial charge in [0.15, 0.2) is 0 Å². The van der Waals surface area contributed by atoms with Crippen molar-refractivity contribution >= 4 is 29.3 Å². The van der Waals surface area contributed by atoms with Crippen molar-refractivity contribution in [1.82, 2.24) is 10.2 Å². The minimum absolute atomic E-state index is 0.118. The Labute approximate surface area is 182 Å². The number of anilines is 1. The zero-order valence-electron chi connectivity index (χ0n) is 18.0. The summed E-state index contributed by atoms with van der Waals surface area (Å²) in [6.07, 6.45) is 7.33. The molecule has 1 saturated heterocycles. The van der Waals surface area contributed by atoms with Crippen LogP contribution in [0, 0.1) is 17.8 Å². The minimum atomic E-state index is -0.866. The fraction of sp³-hybridized carbons (Fsp3) is 0.500. The Morgan fingerprint density at radius 2 is 1.71 bits per heavy atom. The molecule has 4 amide bonds. The van der Waals surface area contributed by atoms with Crippen LogP contribution in [0.5, 0.6) is 0 Å². The molecule has 0 bridgehead atoms. The lowest BCUT2D eigenvalue weighted by molar-refractivity contribution is -0.147. The molecule has 3 unspecified atom stereocenters. The minimum Gasteiger partial charge on any atom is -0.349 e. The third kappa shape index (κ3) is 4.55. The number of likely N-dealkylation sites (tertiary alicyclic amines) is 1. The lowest BCUT2D eigenvalue weighted by atomic mass is 9.85. The first-order chi connectivity index (χ1) is 14.8. The molecule has 4 rings (SSSR count). The second-order valence-electron chi connectivity index (χ2n) is 9.17. The number of carbonyl (C=O) groups is 4. The Bertz CT molecular complexity index is 909. The van der Waals surface area contributed by atoms with Crippen LogP contribution in [0.3, 0.4) is 0 Å². The summed E-state index contributed by atoms with van der Waals surface area (Å²) in [6.45, 7) is 3.92. The molecule has 0 radical (unpaired) electrons. The lowest BCUT2D eigenvalue weighted by Crippen LogP contribution is -2.48. The lowest BCUT2D eigenvalue weighted by Gasteiger charge is -2.27. The maximum Gasteiger partial charge on any atom is 0.251 e. The molecule has 7 heteroatoms. The maximum atomic E-state index is 13.2. The van der Waals surface area contributed by atoms with Crippen molar-refractivity contribution in [3.05, 3.63) is 42.0 Å².